The van der Waals surface area contributed by atoms with Gasteiger partial charge in [0.1, 0.15) is 48.4 Å². The fourth-order valence-electron chi connectivity index (χ4n) is 7.69. The Morgan fingerprint density at radius 2 is 0.724 bits per heavy atom. The first-order chi connectivity index (χ1) is 25.1. The van der Waals surface area contributed by atoms with Crippen LogP contribution in [0.15, 0.2) is 72.8 Å². The highest BCUT2D eigenvalue weighted by atomic mass is 31.2. The van der Waals surface area contributed by atoms with Gasteiger partial charge in [0.2, 0.25) is 0 Å². The number of benzene rings is 4. The van der Waals surface area contributed by atoms with E-state index in [9.17, 15) is 9.13 Å². The summed E-state index contributed by atoms with van der Waals surface area (Å²) in [5.41, 5.74) is 4.44. The summed E-state index contributed by atoms with van der Waals surface area (Å²) in [5.74, 6) is 3.52. The van der Waals surface area contributed by atoms with Crippen LogP contribution in [0, 0.1) is 0 Å². The number of hydrogen-bond donors (Lipinski definition) is 0. The van der Waals surface area contributed by atoms with Gasteiger partial charge < -0.3 is 28.1 Å². The number of rotatable bonds is 2. The lowest BCUT2D eigenvalue weighted by Gasteiger charge is -2.30. The molecule has 4 aromatic carbocycles. The van der Waals surface area contributed by atoms with E-state index >= 15 is 0 Å². The highest BCUT2D eigenvalue weighted by Gasteiger charge is 2.50. The molecule has 4 atom stereocenters. The molecule has 4 aromatic rings. The fraction of sp³-hybridized carbons (Fsp3) is 0.500. The Bertz CT molecular complexity index is 2060. The van der Waals surface area contributed by atoms with Crippen LogP contribution in [-0.4, -0.2) is 46.0 Å². The van der Waals surface area contributed by atoms with Crippen LogP contribution in [0.3, 0.4) is 0 Å². The van der Waals surface area contributed by atoms with Crippen LogP contribution >= 0.6 is 30.1 Å². The minimum Gasteiger partial charge on any atom is -0.488 e. The quantitative estimate of drug-likeness (QED) is 0.187. The molecule has 4 aliphatic heterocycles. The minimum atomic E-state index is -2.81. The molecule has 8 rings (SSSR count). The third-order valence-electron chi connectivity index (χ3n) is 11.1. The molecule has 320 valence electrons. The van der Waals surface area contributed by atoms with Crippen LogP contribution in [0.5, 0.6) is 23.0 Å². The van der Waals surface area contributed by atoms with Gasteiger partial charge in [-0.25, -0.2) is 0 Å². The molecule has 58 heavy (non-hydrogen) atoms. The van der Waals surface area contributed by atoms with E-state index < -0.39 is 24.6 Å². The summed E-state index contributed by atoms with van der Waals surface area (Å²) in [6.45, 7) is 26.1. The van der Waals surface area contributed by atoms with Gasteiger partial charge in [0.15, 0.2) is 14.3 Å². The van der Waals surface area contributed by atoms with Gasteiger partial charge in [-0.05, 0) is 72.7 Å². The topological polar surface area (TPSA) is 71.1 Å². The Hall–Kier alpha value is -2.60. The Morgan fingerprint density at radius 1 is 0.431 bits per heavy atom. The monoisotopic (exact) mass is 868 g/mol. The second kappa shape index (κ2) is 17.0. The van der Waals surface area contributed by atoms with Crippen molar-refractivity contribution in [1.82, 2.24) is 0 Å². The third-order valence-corrected chi connectivity index (χ3v) is 24.8. The first-order valence-corrected chi connectivity index (χ1v) is 25.7. The molecule has 0 spiro atoms. The maximum atomic E-state index is 14.1. The van der Waals surface area contributed by atoms with E-state index in [1.165, 1.54) is 21.7 Å². The second-order valence-corrected chi connectivity index (χ2v) is 31.6. The smallest absolute Gasteiger partial charge is 0.160 e. The van der Waals surface area contributed by atoms with Gasteiger partial charge in [-0.2, -0.15) is 0 Å². The van der Waals surface area contributed by atoms with E-state index in [1.807, 2.05) is 77.9 Å². The number of fused-ring (bicyclic) bond motifs is 4. The molecule has 0 radical (unpaired) electrons. The van der Waals surface area contributed by atoms with Gasteiger partial charge in [0, 0.05) is 20.9 Å². The Balaban J connectivity index is 0.000000291. The zero-order valence-corrected chi connectivity index (χ0v) is 37.6. The van der Waals surface area contributed by atoms with Crippen LogP contribution in [0.25, 0.3) is 22.3 Å². The van der Waals surface area contributed by atoms with E-state index in [2.05, 4.69) is 77.9 Å². The highest BCUT2D eigenvalue weighted by Crippen LogP contribution is 2.66. The van der Waals surface area contributed by atoms with Crippen LogP contribution < -0.4 is 40.2 Å². The number of ether oxygens (including phenoxy) is 4. The minimum absolute atomic E-state index is 0. The van der Waals surface area contributed by atoms with Crippen molar-refractivity contribution in [2.24, 2.45) is 0 Å². The second-order valence-electron chi connectivity index (χ2n) is 18.7. The molecule has 4 heterocycles. The highest BCUT2D eigenvalue weighted by molar-refractivity contribution is 7.74. The summed E-state index contributed by atoms with van der Waals surface area (Å²) in [6, 6.07) is 24.7. The summed E-state index contributed by atoms with van der Waals surface area (Å²) in [7, 11) is -6.32. The van der Waals surface area contributed by atoms with Crippen LogP contribution in [-0.2, 0) is 9.13 Å². The molecule has 0 fully saturated rings. The molecule has 6 nitrogen and oxygen atoms in total. The molecular formula is C48H72O6P4. The number of hydrogen-bond acceptors (Lipinski definition) is 6. The summed E-state index contributed by atoms with van der Waals surface area (Å²) >= 11 is 0. The molecule has 0 amide bonds. The predicted molar refractivity (Wildman–Crippen MR) is 259 cm³/mol. The van der Waals surface area contributed by atoms with Gasteiger partial charge >= 0.3 is 0 Å². The Labute approximate surface area is 354 Å². The molecule has 4 aliphatic rings. The van der Waals surface area contributed by atoms with Crippen molar-refractivity contribution in [2.75, 3.05) is 25.4 Å². The lowest BCUT2D eigenvalue weighted by molar-refractivity contribution is 0.389. The van der Waals surface area contributed by atoms with Crippen LogP contribution in [0.2, 0.25) is 0 Å². The van der Waals surface area contributed by atoms with E-state index in [0.29, 0.717) is 11.5 Å². The average molecular weight is 869 g/mol. The van der Waals surface area contributed by atoms with Gasteiger partial charge in [0.25, 0.3) is 0 Å². The molecule has 0 aromatic heterocycles. The maximum Gasteiger partial charge on any atom is 0.160 e. The zero-order valence-electron chi connectivity index (χ0n) is 34.0. The van der Waals surface area contributed by atoms with Crippen molar-refractivity contribution in [2.45, 2.75) is 133 Å². The summed E-state index contributed by atoms with van der Waals surface area (Å²) in [4.78, 5) is 0. The van der Waals surface area contributed by atoms with Crippen molar-refractivity contribution in [3.8, 4) is 45.3 Å². The summed E-state index contributed by atoms with van der Waals surface area (Å²) in [5, 5.41) is 4.08. The largest absolute Gasteiger partial charge is 0.488 e. The molecule has 0 bridgehead atoms. The van der Waals surface area contributed by atoms with Gasteiger partial charge in [0.05, 0.1) is 10.6 Å². The SMILES string of the molecule is C.C.C.C.CC(C)(C)[P@]1(=O)COc2cccc(-c3cccc4c3[P@](=O)(C(C)(C)C)CO4)c21.CC(C)(C)[P@]1COc2cccc(-c3cccc4c3[P@](C(C)(C)C)CO4)c21. The Kier molecular flexibility index (Phi) is 14.6. The molecule has 0 N–H and O–H groups in total. The van der Waals surface area contributed by atoms with Crippen molar-refractivity contribution in [3.05, 3.63) is 72.8 Å². The van der Waals surface area contributed by atoms with Crippen molar-refractivity contribution >= 4 is 51.3 Å². The molecule has 0 saturated heterocycles. The summed E-state index contributed by atoms with van der Waals surface area (Å²) in [6.07, 6.45) is 2.10. The fourth-order valence-corrected chi connectivity index (χ4v) is 17.6. The van der Waals surface area contributed by atoms with E-state index in [1.54, 1.807) is 0 Å². The molecule has 0 unspecified atom stereocenters. The van der Waals surface area contributed by atoms with Gasteiger partial charge in [-0.15, -0.1) is 0 Å². The average Bonchev–Trinajstić information content (AvgIpc) is 3.88. The van der Waals surface area contributed by atoms with Crippen LogP contribution in [0.1, 0.15) is 113 Å². The van der Waals surface area contributed by atoms with Crippen molar-refractivity contribution in [3.63, 3.8) is 0 Å². The molecule has 10 heteroatoms. The lowest BCUT2D eigenvalue weighted by Crippen LogP contribution is -2.26. The van der Waals surface area contributed by atoms with E-state index in [4.69, 9.17) is 18.9 Å². The first-order valence-electron chi connectivity index (χ1n) is 18.9. The molecule has 0 aliphatic carbocycles. The standard InChI is InChI=1S/C22H28O4P2.C22H28O2P2.4CH4/c1-21(2,3)27(23)13-25-17-11-7-9-15(19(17)27)16-10-8-12-18-20(16)28(24,14-26-18)22(4,5)6;1-21(2,3)25-13-23-17-11-7-9-15(19(17)25)16-10-8-12-18-20(16)26(14-24-18)22(4,5)6;;;;/h7-12H,13-14H2,1-6H3;7-12H,13-14H2,1-6H3;4*1H4/t27-,28-;25-,26-;;;;/m01..../s1. The third kappa shape index (κ3) is 8.24. The zero-order chi connectivity index (χ0) is 39.2. The maximum absolute atomic E-state index is 14.1. The van der Waals surface area contributed by atoms with Gasteiger partial charge in [-0.3, -0.25) is 0 Å². The summed E-state index contributed by atoms with van der Waals surface area (Å²) < 4.78 is 52.2. The van der Waals surface area contributed by atoms with E-state index in [-0.39, 0.29) is 68.6 Å². The molecular weight excluding hydrogens is 796 g/mol. The first kappa shape index (κ1) is 49.8. The van der Waals surface area contributed by atoms with E-state index in [0.717, 1.165) is 45.9 Å². The molecule has 0 saturated carbocycles. The lowest BCUT2D eigenvalue weighted by atomic mass is 10.0. The van der Waals surface area contributed by atoms with Gasteiger partial charge in [-0.1, -0.05) is 161 Å². The van der Waals surface area contributed by atoms with Crippen molar-refractivity contribution < 1.29 is 28.1 Å². The Morgan fingerprint density at radius 3 is 1.02 bits per heavy atom. The normalized spacial score (nSPS) is 22.5. The van der Waals surface area contributed by atoms with Crippen molar-refractivity contribution in [1.29, 1.82) is 0 Å². The predicted octanol–water partition coefficient (Wildman–Crippen LogP) is 14.0. The van der Waals surface area contributed by atoms with Crippen LogP contribution in [0.4, 0.5) is 0 Å².